The van der Waals surface area contributed by atoms with E-state index in [2.05, 4.69) is 39.8 Å². The molecule has 0 radical (unpaired) electrons. The second kappa shape index (κ2) is 4.30. The molecule has 76 valence electrons. The van der Waals surface area contributed by atoms with Crippen molar-refractivity contribution in [1.82, 2.24) is 0 Å². The van der Waals surface area contributed by atoms with Crippen LogP contribution in [0.5, 0.6) is 0 Å². The summed E-state index contributed by atoms with van der Waals surface area (Å²) >= 11 is 0. The van der Waals surface area contributed by atoms with Crippen molar-refractivity contribution in [3.63, 3.8) is 0 Å². The third-order valence-electron chi connectivity index (χ3n) is 3.04. The van der Waals surface area contributed by atoms with Crippen molar-refractivity contribution < 1.29 is 0 Å². The molecule has 0 aliphatic heterocycles. The fraction of sp³-hybridized carbons (Fsp3) is 0.846. The summed E-state index contributed by atoms with van der Waals surface area (Å²) in [4.78, 5) is 0. The van der Waals surface area contributed by atoms with Gasteiger partial charge in [-0.3, -0.25) is 0 Å². The standard InChI is InChI=1S/C13H24/c1-11(2)10-12-6-5-8-13(3,4)9-7-12/h5,8,11-12H,6-7,9-10H2,1-4H3. The molecular formula is C13H24. The molecule has 1 rings (SSSR count). The average Bonchev–Trinajstić information content (AvgIpc) is 2.12. The lowest BCUT2D eigenvalue weighted by molar-refractivity contribution is 0.336. The molecule has 0 aromatic heterocycles. The van der Waals surface area contributed by atoms with Crippen molar-refractivity contribution in [1.29, 1.82) is 0 Å². The molecular weight excluding hydrogens is 156 g/mol. The maximum absolute atomic E-state index is 2.41. The van der Waals surface area contributed by atoms with Gasteiger partial charge in [0.25, 0.3) is 0 Å². The topological polar surface area (TPSA) is 0 Å². The smallest absolute Gasteiger partial charge is 0.0175 e. The van der Waals surface area contributed by atoms with Gasteiger partial charge in [0.05, 0.1) is 0 Å². The normalized spacial score (nSPS) is 27.6. The molecule has 1 atom stereocenters. The van der Waals surface area contributed by atoms with E-state index < -0.39 is 0 Å². The van der Waals surface area contributed by atoms with Gasteiger partial charge < -0.3 is 0 Å². The van der Waals surface area contributed by atoms with Crippen LogP contribution in [-0.4, -0.2) is 0 Å². The Morgan fingerprint density at radius 2 is 2.08 bits per heavy atom. The summed E-state index contributed by atoms with van der Waals surface area (Å²) in [7, 11) is 0. The average molecular weight is 180 g/mol. The number of hydrogen-bond acceptors (Lipinski definition) is 0. The third kappa shape index (κ3) is 3.97. The lowest BCUT2D eigenvalue weighted by atomic mass is 9.85. The number of rotatable bonds is 2. The van der Waals surface area contributed by atoms with Gasteiger partial charge in [-0.25, -0.2) is 0 Å². The first-order valence-corrected chi connectivity index (χ1v) is 5.67. The molecule has 1 unspecified atom stereocenters. The van der Waals surface area contributed by atoms with Gasteiger partial charge in [-0.1, -0.05) is 39.8 Å². The predicted octanol–water partition coefficient (Wildman–Crippen LogP) is 4.42. The Labute approximate surface area is 83.4 Å². The fourth-order valence-electron chi connectivity index (χ4n) is 2.24. The van der Waals surface area contributed by atoms with E-state index in [0.717, 1.165) is 11.8 Å². The van der Waals surface area contributed by atoms with E-state index in [4.69, 9.17) is 0 Å². The van der Waals surface area contributed by atoms with Gasteiger partial charge in [0.15, 0.2) is 0 Å². The molecule has 1 aliphatic rings. The molecule has 0 bridgehead atoms. The summed E-state index contributed by atoms with van der Waals surface area (Å²) in [6, 6.07) is 0. The second-order valence-electron chi connectivity index (χ2n) is 5.66. The highest BCUT2D eigenvalue weighted by molar-refractivity contribution is 4.98. The molecule has 0 nitrogen and oxygen atoms in total. The van der Waals surface area contributed by atoms with Crippen LogP contribution in [0.4, 0.5) is 0 Å². The first-order valence-electron chi connectivity index (χ1n) is 5.67. The van der Waals surface area contributed by atoms with Gasteiger partial charge in [0.1, 0.15) is 0 Å². The van der Waals surface area contributed by atoms with Crippen molar-refractivity contribution in [3.8, 4) is 0 Å². The molecule has 13 heavy (non-hydrogen) atoms. The molecule has 0 aromatic carbocycles. The van der Waals surface area contributed by atoms with Crippen LogP contribution in [0, 0.1) is 17.3 Å². The summed E-state index contributed by atoms with van der Waals surface area (Å²) in [5.74, 6) is 1.80. The van der Waals surface area contributed by atoms with Crippen LogP contribution in [0.2, 0.25) is 0 Å². The van der Waals surface area contributed by atoms with E-state index in [-0.39, 0.29) is 0 Å². The van der Waals surface area contributed by atoms with Gasteiger partial charge in [-0.05, 0) is 42.9 Å². The van der Waals surface area contributed by atoms with Crippen LogP contribution < -0.4 is 0 Å². The molecule has 0 saturated carbocycles. The van der Waals surface area contributed by atoms with E-state index in [1.165, 1.54) is 25.7 Å². The van der Waals surface area contributed by atoms with Crippen molar-refractivity contribution in [2.24, 2.45) is 17.3 Å². The van der Waals surface area contributed by atoms with E-state index in [0.29, 0.717) is 5.41 Å². The van der Waals surface area contributed by atoms with Gasteiger partial charge in [0.2, 0.25) is 0 Å². The predicted molar refractivity (Wildman–Crippen MR) is 59.7 cm³/mol. The minimum absolute atomic E-state index is 0.450. The molecule has 1 aliphatic carbocycles. The van der Waals surface area contributed by atoms with Gasteiger partial charge in [0, 0.05) is 0 Å². The molecule has 0 saturated heterocycles. The van der Waals surface area contributed by atoms with Crippen LogP contribution in [0.3, 0.4) is 0 Å². The second-order valence-corrected chi connectivity index (χ2v) is 5.66. The lowest BCUT2D eigenvalue weighted by Crippen LogP contribution is -2.08. The summed E-state index contributed by atoms with van der Waals surface area (Å²) < 4.78 is 0. The molecule has 0 aromatic rings. The zero-order chi connectivity index (χ0) is 9.90. The molecule has 0 heteroatoms. The van der Waals surface area contributed by atoms with Crippen LogP contribution >= 0.6 is 0 Å². The Kier molecular flexibility index (Phi) is 3.58. The first kappa shape index (κ1) is 10.8. The zero-order valence-electron chi connectivity index (χ0n) is 9.64. The fourth-order valence-corrected chi connectivity index (χ4v) is 2.24. The molecule has 0 N–H and O–H groups in total. The quantitative estimate of drug-likeness (QED) is 0.552. The molecule has 0 spiro atoms. The largest absolute Gasteiger partial charge is 0.0877 e. The van der Waals surface area contributed by atoms with Crippen molar-refractivity contribution in [2.75, 3.05) is 0 Å². The maximum Gasteiger partial charge on any atom is -0.0175 e. The van der Waals surface area contributed by atoms with E-state index in [9.17, 15) is 0 Å². The van der Waals surface area contributed by atoms with Gasteiger partial charge in [-0.15, -0.1) is 0 Å². The molecule has 0 amide bonds. The SMILES string of the molecule is CC(C)CC1CC=CC(C)(C)CC1. The van der Waals surface area contributed by atoms with Crippen molar-refractivity contribution >= 4 is 0 Å². The zero-order valence-corrected chi connectivity index (χ0v) is 9.64. The Bertz CT molecular complexity index is 174. The summed E-state index contributed by atoms with van der Waals surface area (Å²) in [6.45, 7) is 9.36. The Balaban J connectivity index is 2.44. The van der Waals surface area contributed by atoms with Gasteiger partial charge in [-0.2, -0.15) is 0 Å². The van der Waals surface area contributed by atoms with Crippen LogP contribution in [0.15, 0.2) is 12.2 Å². The first-order chi connectivity index (χ1) is 5.99. The Hall–Kier alpha value is -0.260. The highest BCUT2D eigenvalue weighted by atomic mass is 14.3. The third-order valence-corrected chi connectivity index (χ3v) is 3.04. The highest BCUT2D eigenvalue weighted by Crippen LogP contribution is 2.33. The summed E-state index contributed by atoms with van der Waals surface area (Å²) in [5.41, 5.74) is 0.450. The maximum atomic E-state index is 2.41. The minimum Gasteiger partial charge on any atom is -0.0877 e. The number of allylic oxidation sites excluding steroid dienone is 2. The van der Waals surface area contributed by atoms with Crippen LogP contribution in [0.1, 0.15) is 53.4 Å². The van der Waals surface area contributed by atoms with Crippen LogP contribution in [-0.2, 0) is 0 Å². The molecule has 0 heterocycles. The van der Waals surface area contributed by atoms with Crippen molar-refractivity contribution in [3.05, 3.63) is 12.2 Å². The van der Waals surface area contributed by atoms with Crippen molar-refractivity contribution in [2.45, 2.75) is 53.4 Å². The minimum atomic E-state index is 0.450. The lowest BCUT2D eigenvalue weighted by Gasteiger charge is -2.21. The Morgan fingerprint density at radius 3 is 2.69 bits per heavy atom. The monoisotopic (exact) mass is 180 g/mol. The Morgan fingerprint density at radius 1 is 1.38 bits per heavy atom. The highest BCUT2D eigenvalue weighted by Gasteiger charge is 2.20. The molecule has 0 fully saturated rings. The summed E-state index contributed by atoms with van der Waals surface area (Å²) in [5, 5.41) is 0. The van der Waals surface area contributed by atoms with Crippen LogP contribution in [0.25, 0.3) is 0 Å². The van der Waals surface area contributed by atoms with E-state index >= 15 is 0 Å². The van der Waals surface area contributed by atoms with E-state index in [1.54, 1.807) is 0 Å². The van der Waals surface area contributed by atoms with Gasteiger partial charge >= 0.3 is 0 Å². The number of hydrogen-bond donors (Lipinski definition) is 0. The van der Waals surface area contributed by atoms with E-state index in [1.807, 2.05) is 0 Å². The summed E-state index contributed by atoms with van der Waals surface area (Å²) in [6.07, 6.45) is 10.3.